The second-order valence-electron chi connectivity index (χ2n) is 4.90. The van der Waals surface area contributed by atoms with Crippen molar-refractivity contribution in [2.45, 2.75) is 30.9 Å². The normalized spacial score (nSPS) is 19.2. The highest BCUT2D eigenvalue weighted by molar-refractivity contribution is 7.89. The Balaban J connectivity index is 0.00000220. The zero-order valence-corrected chi connectivity index (χ0v) is 13.6. The summed E-state index contributed by atoms with van der Waals surface area (Å²) in [5, 5.41) is -0.248. The van der Waals surface area contributed by atoms with E-state index in [1.54, 1.807) is 11.8 Å². The predicted octanol–water partition coefficient (Wildman–Crippen LogP) is 0.481. The lowest BCUT2D eigenvalue weighted by atomic mass is 10.1. The number of nitrogens with zero attached hydrogens (tertiary/aromatic N) is 1. The number of nitrogens with one attached hydrogen (secondary N) is 1. The van der Waals surface area contributed by atoms with Crippen LogP contribution in [0.25, 0.3) is 0 Å². The van der Waals surface area contributed by atoms with Gasteiger partial charge in [-0.25, -0.2) is 13.1 Å². The number of sulfonamides is 1. The number of piperidine rings is 1. The van der Waals surface area contributed by atoms with E-state index in [-0.39, 0.29) is 35.0 Å². The van der Waals surface area contributed by atoms with Gasteiger partial charge in [-0.2, -0.15) is 0 Å². The van der Waals surface area contributed by atoms with E-state index < -0.39 is 10.0 Å². The Morgan fingerprint density at radius 3 is 2.76 bits per heavy atom. The molecule has 0 radical (unpaired) electrons. The molecule has 1 unspecified atom stereocenters. The highest BCUT2D eigenvalue weighted by Gasteiger charge is 2.27. The number of halogens is 1. The highest BCUT2D eigenvalue weighted by Crippen LogP contribution is 2.21. The van der Waals surface area contributed by atoms with Crippen LogP contribution >= 0.6 is 12.4 Å². The second-order valence-corrected chi connectivity index (χ2v) is 6.71. The fourth-order valence-electron chi connectivity index (χ4n) is 2.26. The van der Waals surface area contributed by atoms with Gasteiger partial charge < -0.3 is 15.1 Å². The molecule has 0 bridgehead atoms. The van der Waals surface area contributed by atoms with Gasteiger partial charge in [-0.3, -0.25) is 4.79 Å². The quantitative estimate of drug-likeness (QED) is 0.834. The molecule has 1 amide bonds. The maximum absolute atomic E-state index is 12.4. The van der Waals surface area contributed by atoms with Crippen LogP contribution in [0.4, 0.5) is 0 Å². The summed E-state index contributed by atoms with van der Waals surface area (Å²) in [6, 6.07) is 1.24. The Kier molecular flexibility index (Phi) is 5.80. The lowest BCUT2D eigenvalue weighted by Gasteiger charge is -2.30. The summed E-state index contributed by atoms with van der Waals surface area (Å²) in [6.45, 7) is 2.69. The molecule has 1 aliphatic rings. The predicted molar refractivity (Wildman–Crippen MR) is 80.1 cm³/mol. The number of aryl methyl sites for hydroxylation is 1. The van der Waals surface area contributed by atoms with Crippen molar-refractivity contribution in [3.05, 3.63) is 17.4 Å². The number of hydrogen-bond acceptors (Lipinski definition) is 5. The summed E-state index contributed by atoms with van der Waals surface area (Å²) >= 11 is 0. The maximum Gasteiger partial charge on any atom is 0.273 e. The van der Waals surface area contributed by atoms with Crippen molar-refractivity contribution >= 4 is 28.3 Å². The molecular weight excluding hydrogens is 318 g/mol. The zero-order valence-electron chi connectivity index (χ0n) is 12.0. The van der Waals surface area contributed by atoms with Gasteiger partial charge in [-0.05, 0) is 26.8 Å². The van der Waals surface area contributed by atoms with Crippen molar-refractivity contribution < 1.29 is 17.6 Å². The molecule has 1 saturated heterocycles. The van der Waals surface area contributed by atoms with Crippen molar-refractivity contribution in [2.24, 2.45) is 5.73 Å². The Hall–Kier alpha value is -1.09. The van der Waals surface area contributed by atoms with Crippen LogP contribution in [0.15, 0.2) is 15.6 Å². The minimum Gasteiger partial charge on any atom is -0.448 e. The first kappa shape index (κ1) is 18.0. The molecule has 0 spiro atoms. The maximum atomic E-state index is 12.4. The van der Waals surface area contributed by atoms with Crippen LogP contribution in [0.5, 0.6) is 0 Å². The summed E-state index contributed by atoms with van der Waals surface area (Å²) in [4.78, 5) is 14.0. The molecule has 0 aromatic carbocycles. The minimum atomic E-state index is -3.69. The SMILES string of the molecule is CNS(=O)(=O)c1cc(C(=O)N2CCCC(N)C2)c(C)o1.Cl. The van der Waals surface area contributed by atoms with Crippen molar-refractivity contribution in [3.63, 3.8) is 0 Å². The van der Waals surface area contributed by atoms with Gasteiger partial charge >= 0.3 is 0 Å². The number of rotatable bonds is 3. The van der Waals surface area contributed by atoms with Crippen LogP contribution in [-0.2, 0) is 10.0 Å². The number of nitrogens with two attached hydrogens (primary N) is 1. The van der Waals surface area contributed by atoms with Crippen LogP contribution in [0, 0.1) is 6.92 Å². The van der Waals surface area contributed by atoms with E-state index >= 15 is 0 Å². The summed E-state index contributed by atoms with van der Waals surface area (Å²) in [6.07, 6.45) is 1.75. The second kappa shape index (κ2) is 6.78. The highest BCUT2D eigenvalue weighted by atomic mass is 35.5. The summed E-state index contributed by atoms with van der Waals surface area (Å²) in [7, 11) is -2.40. The molecular formula is C12H20ClN3O4S. The molecule has 0 saturated carbocycles. The largest absolute Gasteiger partial charge is 0.448 e. The Bertz CT molecular complexity index is 614. The molecule has 21 heavy (non-hydrogen) atoms. The van der Waals surface area contributed by atoms with Gasteiger partial charge in [0, 0.05) is 25.2 Å². The first-order valence-electron chi connectivity index (χ1n) is 6.44. The molecule has 120 valence electrons. The van der Waals surface area contributed by atoms with Gasteiger partial charge in [-0.1, -0.05) is 0 Å². The van der Waals surface area contributed by atoms with Crippen LogP contribution in [0.3, 0.4) is 0 Å². The first-order valence-corrected chi connectivity index (χ1v) is 7.92. The molecule has 2 heterocycles. The van der Waals surface area contributed by atoms with Crippen molar-refractivity contribution in [1.82, 2.24) is 9.62 Å². The molecule has 1 aliphatic heterocycles. The van der Waals surface area contributed by atoms with Crippen LogP contribution < -0.4 is 10.5 Å². The number of likely N-dealkylation sites (tertiary alicyclic amines) is 1. The third kappa shape index (κ3) is 3.76. The molecule has 1 aromatic heterocycles. The monoisotopic (exact) mass is 337 g/mol. The molecule has 1 aromatic rings. The number of carbonyl (C=O) groups is 1. The van der Waals surface area contributed by atoms with E-state index in [1.807, 2.05) is 0 Å². The van der Waals surface area contributed by atoms with Crippen LogP contribution in [-0.4, -0.2) is 45.4 Å². The van der Waals surface area contributed by atoms with E-state index in [1.165, 1.54) is 13.1 Å². The van der Waals surface area contributed by atoms with E-state index in [4.69, 9.17) is 10.2 Å². The number of carbonyl (C=O) groups excluding carboxylic acids is 1. The van der Waals surface area contributed by atoms with Crippen LogP contribution in [0.1, 0.15) is 29.0 Å². The minimum absolute atomic E-state index is 0. The topological polar surface area (TPSA) is 106 Å². The van der Waals surface area contributed by atoms with Crippen molar-refractivity contribution in [1.29, 1.82) is 0 Å². The average Bonchev–Trinajstić information content (AvgIpc) is 2.81. The molecule has 0 aliphatic carbocycles. The molecule has 3 N–H and O–H groups in total. The van der Waals surface area contributed by atoms with Gasteiger partial charge in [0.15, 0.2) is 0 Å². The van der Waals surface area contributed by atoms with Gasteiger partial charge in [-0.15, -0.1) is 12.4 Å². The lowest BCUT2D eigenvalue weighted by Crippen LogP contribution is -2.45. The zero-order chi connectivity index (χ0) is 14.9. The van der Waals surface area contributed by atoms with Gasteiger partial charge in [0.1, 0.15) is 5.76 Å². The standard InChI is InChI=1S/C12H19N3O4S.ClH/c1-8-10(6-11(19-8)20(17,18)14-2)12(16)15-5-3-4-9(13)7-15;/h6,9,14H,3-5,7,13H2,1-2H3;1H. The van der Waals surface area contributed by atoms with Gasteiger partial charge in [0.2, 0.25) is 5.09 Å². The first-order chi connectivity index (χ1) is 9.35. The van der Waals surface area contributed by atoms with E-state index in [9.17, 15) is 13.2 Å². The summed E-state index contributed by atoms with van der Waals surface area (Å²) in [5.74, 6) is 0.0573. The molecule has 1 atom stereocenters. The lowest BCUT2D eigenvalue weighted by molar-refractivity contribution is 0.0707. The van der Waals surface area contributed by atoms with Crippen LogP contribution in [0.2, 0.25) is 0 Å². The molecule has 1 fully saturated rings. The van der Waals surface area contributed by atoms with E-state index in [2.05, 4.69) is 4.72 Å². The van der Waals surface area contributed by atoms with Crippen molar-refractivity contribution in [3.8, 4) is 0 Å². The Morgan fingerprint density at radius 1 is 1.52 bits per heavy atom. The number of furan rings is 1. The third-order valence-corrected chi connectivity index (χ3v) is 4.67. The average molecular weight is 338 g/mol. The van der Waals surface area contributed by atoms with E-state index in [0.717, 1.165) is 12.8 Å². The molecule has 9 heteroatoms. The van der Waals surface area contributed by atoms with Gasteiger partial charge in [0.05, 0.1) is 5.56 Å². The summed E-state index contributed by atoms with van der Waals surface area (Å²) in [5.41, 5.74) is 6.12. The summed E-state index contributed by atoms with van der Waals surface area (Å²) < 4.78 is 30.7. The third-order valence-electron chi connectivity index (χ3n) is 3.40. The fourth-order valence-corrected chi connectivity index (χ4v) is 2.97. The number of hydrogen-bond donors (Lipinski definition) is 2. The molecule has 7 nitrogen and oxygen atoms in total. The van der Waals surface area contributed by atoms with Crippen molar-refractivity contribution in [2.75, 3.05) is 20.1 Å². The number of amides is 1. The van der Waals surface area contributed by atoms with Gasteiger partial charge in [0.25, 0.3) is 15.9 Å². The Morgan fingerprint density at radius 2 is 2.19 bits per heavy atom. The fraction of sp³-hybridized carbons (Fsp3) is 0.583. The molecule has 2 rings (SSSR count). The van der Waals surface area contributed by atoms with E-state index in [0.29, 0.717) is 18.8 Å². The Labute approximate surface area is 130 Å². The smallest absolute Gasteiger partial charge is 0.273 e.